The van der Waals surface area contributed by atoms with Crippen LogP contribution in [0.3, 0.4) is 0 Å². The van der Waals surface area contributed by atoms with Gasteiger partial charge in [-0.1, -0.05) is 30.3 Å². The summed E-state index contributed by atoms with van der Waals surface area (Å²) in [6.45, 7) is 11.8. The van der Waals surface area contributed by atoms with Crippen LogP contribution in [0, 0.1) is 0 Å². The zero-order valence-electron chi connectivity index (χ0n) is 13.1. The van der Waals surface area contributed by atoms with Crippen LogP contribution in [-0.4, -0.2) is 30.3 Å². The van der Waals surface area contributed by atoms with Gasteiger partial charge < -0.3 is 15.5 Å². The van der Waals surface area contributed by atoms with E-state index in [1.54, 1.807) is 4.90 Å². The van der Waals surface area contributed by atoms with E-state index in [0.717, 1.165) is 24.7 Å². The molecule has 0 saturated heterocycles. The van der Waals surface area contributed by atoms with E-state index in [1.807, 2.05) is 18.2 Å². The number of quaternary nitrogens is 1. The molecule has 0 unspecified atom stereocenters. The van der Waals surface area contributed by atoms with Gasteiger partial charge in [-0.05, 0) is 45.5 Å². The molecule has 4 heteroatoms. The van der Waals surface area contributed by atoms with Crippen LogP contribution in [0.1, 0.15) is 33.3 Å². The van der Waals surface area contributed by atoms with Crippen molar-refractivity contribution in [3.05, 3.63) is 35.9 Å². The SMILES string of the molecule is CC(C)[NH+](CCNC(=S)NCc1ccccc1)C(C)C. The quantitative estimate of drug-likeness (QED) is 0.663. The Bertz CT molecular complexity index is 382. The van der Waals surface area contributed by atoms with Crippen molar-refractivity contribution < 1.29 is 4.90 Å². The van der Waals surface area contributed by atoms with Crippen LogP contribution in [0.2, 0.25) is 0 Å². The molecule has 0 radical (unpaired) electrons. The Labute approximate surface area is 128 Å². The van der Waals surface area contributed by atoms with Gasteiger partial charge in [0.1, 0.15) is 0 Å². The molecular formula is C16H28N3S+. The summed E-state index contributed by atoms with van der Waals surface area (Å²) < 4.78 is 0. The molecule has 3 nitrogen and oxygen atoms in total. The van der Waals surface area contributed by atoms with E-state index >= 15 is 0 Å². The fourth-order valence-electron chi connectivity index (χ4n) is 2.41. The average Bonchev–Trinajstić information content (AvgIpc) is 2.41. The summed E-state index contributed by atoms with van der Waals surface area (Å²) in [6, 6.07) is 11.6. The van der Waals surface area contributed by atoms with Gasteiger partial charge in [-0.15, -0.1) is 0 Å². The molecule has 0 aliphatic carbocycles. The maximum absolute atomic E-state index is 5.31. The maximum atomic E-state index is 5.31. The Kier molecular flexibility index (Phi) is 7.55. The Morgan fingerprint density at radius 3 is 2.20 bits per heavy atom. The number of rotatable bonds is 7. The Morgan fingerprint density at radius 2 is 1.65 bits per heavy atom. The molecule has 112 valence electrons. The van der Waals surface area contributed by atoms with E-state index in [1.165, 1.54) is 5.56 Å². The molecule has 0 atom stereocenters. The first-order valence-corrected chi connectivity index (χ1v) is 7.82. The van der Waals surface area contributed by atoms with E-state index in [0.29, 0.717) is 12.1 Å². The third kappa shape index (κ3) is 6.35. The standard InChI is InChI=1S/C16H27N3S/c1-13(2)19(14(3)4)11-10-17-16(20)18-12-15-8-6-5-7-9-15/h5-9,13-14H,10-12H2,1-4H3,(H2,17,18,20)/p+1. The average molecular weight is 294 g/mol. The molecule has 1 aromatic rings. The predicted octanol–water partition coefficient (Wildman–Crippen LogP) is 1.35. The fraction of sp³-hybridized carbons (Fsp3) is 0.562. The Hall–Kier alpha value is -1.13. The molecule has 0 aliphatic rings. The number of hydrogen-bond donors (Lipinski definition) is 3. The van der Waals surface area contributed by atoms with E-state index < -0.39 is 0 Å². The topological polar surface area (TPSA) is 28.5 Å². The van der Waals surface area contributed by atoms with E-state index in [4.69, 9.17) is 12.2 Å². The fourth-order valence-corrected chi connectivity index (χ4v) is 2.58. The largest absolute Gasteiger partial charge is 0.359 e. The van der Waals surface area contributed by atoms with Crippen molar-refractivity contribution in [2.24, 2.45) is 0 Å². The molecule has 0 aliphatic heterocycles. The molecular weight excluding hydrogens is 266 g/mol. The van der Waals surface area contributed by atoms with Crippen molar-refractivity contribution in [1.29, 1.82) is 0 Å². The minimum atomic E-state index is 0.641. The van der Waals surface area contributed by atoms with Gasteiger partial charge in [0.2, 0.25) is 0 Å². The van der Waals surface area contributed by atoms with Crippen molar-refractivity contribution in [2.45, 2.75) is 46.3 Å². The van der Waals surface area contributed by atoms with Crippen LogP contribution in [0.4, 0.5) is 0 Å². The van der Waals surface area contributed by atoms with Crippen LogP contribution >= 0.6 is 12.2 Å². The van der Waals surface area contributed by atoms with Crippen molar-refractivity contribution in [3.63, 3.8) is 0 Å². The zero-order chi connectivity index (χ0) is 15.0. The Balaban J connectivity index is 2.23. The van der Waals surface area contributed by atoms with Gasteiger partial charge in [0.15, 0.2) is 5.11 Å². The number of thiocarbonyl (C=S) groups is 1. The summed E-state index contributed by atoms with van der Waals surface area (Å²) in [5, 5.41) is 7.27. The minimum absolute atomic E-state index is 0.641. The summed E-state index contributed by atoms with van der Waals surface area (Å²) in [6.07, 6.45) is 0. The normalized spacial score (nSPS) is 11.2. The second-order valence-corrected chi connectivity index (χ2v) is 6.14. The second kappa shape index (κ2) is 8.93. The summed E-state index contributed by atoms with van der Waals surface area (Å²) in [7, 11) is 0. The highest BCUT2D eigenvalue weighted by Crippen LogP contribution is 1.96. The lowest BCUT2D eigenvalue weighted by Gasteiger charge is -2.27. The maximum Gasteiger partial charge on any atom is 0.166 e. The van der Waals surface area contributed by atoms with Crippen LogP contribution in [0.5, 0.6) is 0 Å². The first-order valence-electron chi connectivity index (χ1n) is 7.42. The van der Waals surface area contributed by atoms with Gasteiger partial charge in [0.25, 0.3) is 0 Å². The van der Waals surface area contributed by atoms with Crippen LogP contribution in [0.25, 0.3) is 0 Å². The molecule has 0 aromatic heterocycles. The van der Waals surface area contributed by atoms with E-state index in [-0.39, 0.29) is 0 Å². The van der Waals surface area contributed by atoms with Crippen molar-refractivity contribution in [1.82, 2.24) is 10.6 Å². The van der Waals surface area contributed by atoms with Gasteiger partial charge in [0, 0.05) is 6.54 Å². The highest BCUT2D eigenvalue weighted by molar-refractivity contribution is 7.80. The van der Waals surface area contributed by atoms with E-state index in [9.17, 15) is 0 Å². The van der Waals surface area contributed by atoms with Crippen LogP contribution < -0.4 is 15.5 Å². The minimum Gasteiger partial charge on any atom is -0.359 e. The second-order valence-electron chi connectivity index (χ2n) is 5.73. The van der Waals surface area contributed by atoms with Crippen molar-refractivity contribution in [2.75, 3.05) is 13.1 Å². The zero-order valence-corrected chi connectivity index (χ0v) is 13.9. The van der Waals surface area contributed by atoms with Gasteiger partial charge in [-0.25, -0.2) is 0 Å². The lowest BCUT2D eigenvalue weighted by molar-refractivity contribution is -0.941. The highest BCUT2D eigenvalue weighted by atomic mass is 32.1. The van der Waals surface area contributed by atoms with Gasteiger partial charge in [0.05, 0.1) is 25.2 Å². The number of hydrogen-bond acceptors (Lipinski definition) is 1. The summed E-state index contributed by atoms with van der Waals surface area (Å²) in [5.74, 6) is 0. The van der Waals surface area contributed by atoms with Crippen LogP contribution in [-0.2, 0) is 6.54 Å². The molecule has 20 heavy (non-hydrogen) atoms. The molecule has 0 spiro atoms. The third-order valence-electron chi connectivity index (χ3n) is 3.48. The van der Waals surface area contributed by atoms with Gasteiger partial charge in [-0.2, -0.15) is 0 Å². The molecule has 1 aromatic carbocycles. The van der Waals surface area contributed by atoms with Crippen molar-refractivity contribution >= 4 is 17.3 Å². The third-order valence-corrected chi connectivity index (χ3v) is 3.77. The molecule has 0 saturated carbocycles. The first kappa shape index (κ1) is 16.9. The highest BCUT2D eigenvalue weighted by Gasteiger charge is 2.16. The summed E-state index contributed by atoms with van der Waals surface area (Å²) in [4.78, 5) is 1.60. The molecule has 0 heterocycles. The van der Waals surface area contributed by atoms with E-state index in [2.05, 4.69) is 50.5 Å². The first-order chi connectivity index (χ1) is 9.50. The molecule has 1 rings (SSSR count). The molecule has 0 amide bonds. The predicted molar refractivity (Wildman–Crippen MR) is 90.0 cm³/mol. The lowest BCUT2D eigenvalue weighted by Crippen LogP contribution is -3.18. The smallest absolute Gasteiger partial charge is 0.166 e. The van der Waals surface area contributed by atoms with Crippen molar-refractivity contribution in [3.8, 4) is 0 Å². The lowest BCUT2D eigenvalue weighted by atomic mass is 10.2. The monoisotopic (exact) mass is 294 g/mol. The number of nitrogens with one attached hydrogen (secondary N) is 3. The Morgan fingerprint density at radius 1 is 1.05 bits per heavy atom. The van der Waals surface area contributed by atoms with Gasteiger partial charge in [-0.3, -0.25) is 0 Å². The van der Waals surface area contributed by atoms with Gasteiger partial charge >= 0.3 is 0 Å². The number of benzene rings is 1. The molecule has 0 fully saturated rings. The molecule has 3 N–H and O–H groups in total. The molecule has 0 bridgehead atoms. The van der Waals surface area contributed by atoms with Crippen LogP contribution in [0.15, 0.2) is 30.3 Å². The summed E-state index contributed by atoms with van der Waals surface area (Å²) >= 11 is 5.31. The summed E-state index contributed by atoms with van der Waals surface area (Å²) in [5.41, 5.74) is 1.24.